The number of nitrogens with one attached hydrogen (secondary N) is 1. The summed E-state index contributed by atoms with van der Waals surface area (Å²) in [5.41, 5.74) is -0.0390. The normalized spacial score (nSPS) is 19.0. The van der Waals surface area contributed by atoms with Crippen molar-refractivity contribution in [2.45, 2.75) is 45.6 Å². The molecular weight excluding hydrogens is 331 g/mol. The highest BCUT2D eigenvalue weighted by molar-refractivity contribution is 6.31. The number of benzene rings is 1. The zero-order valence-corrected chi connectivity index (χ0v) is 14.9. The number of carbonyl (C=O) groups is 2. The molecule has 1 aromatic rings. The van der Waals surface area contributed by atoms with Crippen LogP contribution >= 0.6 is 11.6 Å². The highest BCUT2D eigenvalue weighted by Gasteiger charge is 2.30. The van der Waals surface area contributed by atoms with Gasteiger partial charge in [-0.3, -0.25) is 9.59 Å². The molecule has 6 heteroatoms. The Morgan fingerprint density at radius 2 is 2.21 bits per heavy atom. The van der Waals surface area contributed by atoms with Crippen molar-refractivity contribution in [2.24, 2.45) is 5.92 Å². The Hall–Kier alpha value is -1.62. The van der Waals surface area contributed by atoms with E-state index < -0.39 is 11.7 Å². The van der Waals surface area contributed by atoms with Crippen molar-refractivity contribution < 1.29 is 14.0 Å². The lowest BCUT2D eigenvalue weighted by Gasteiger charge is -2.32. The Kier molecular flexibility index (Phi) is 6.60. The molecule has 2 atom stereocenters. The first kappa shape index (κ1) is 18.7. The van der Waals surface area contributed by atoms with Gasteiger partial charge in [-0.05, 0) is 44.4 Å². The second kappa shape index (κ2) is 8.47. The van der Waals surface area contributed by atoms with Crippen molar-refractivity contribution in [1.29, 1.82) is 0 Å². The first-order chi connectivity index (χ1) is 11.4. The molecule has 4 nitrogen and oxygen atoms in total. The van der Waals surface area contributed by atoms with E-state index >= 15 is 0 Å². The van der Waals surface area contributed by atoms with Crippen LogP contribution in [0.3, 0.4) is 0 Å². The van der Waals surface area contributed by atoms with Gasteiger partial charge in [0, 0.05) is 24.2 Å². The molecule has 0 unspecified atom stereocenters. The van der Waals surface area contributed by atoms with Crippen molar-refractivity contribution in [3.63, 3.8) is 0 Å². The number of likely N-dealkylation sites (tertiary alicyclic amines) is 1. The third-order valence-electron chi connectivity index (χ3n) is 4.35. The van der Waals surface area contributed by atoms with Crippen molar-refractivity contribution in [2.75, 3.05) is 13.1 Å². The molecule has 0 radical (unpaired) electrons. The monoisotopic (exact) mass is 354 g/mol. The van der Waals surface area contributed by atoms with Gasteiger partial charge in [-0.1, -0.05) is 24.9 Å². The van der Waals surface area contributed by atoms with Gasteiger partial charge in [0.15, 0.2) is 0 Å². The smallest absolute Gasteiger partial charge is 0.256 e. The van der Waals surface area contributed by atoms with Gasteiger partial charge < -0.3 is 10.2 Å². The minimum absolute atomic E-state index is 0.0278. The summed E-state index contributed by atoms with van der Waals surface area (Å²) in [4.78, 5) is 26.5. The van der Waals surface area contributed by atoms with Gasteiger partial charge in [0.25, 0.3) is 5.91 Å². The Bertz CT molecular complexity index is 609. The molecular formula is C18H24ClFN2O2. The molecule has 1 N–H and O–H groups in total. The summed E-state index contributed by atoms with van der Waals surface area (Å²) >= 11 is 5.86. The number of hydrogen-bond donors (Lipinski definition) is 1. The van der Waals surface area contributed by atoms with E-state index in [4.69, 9.17) is 11.6 Å². The molecule has 24 heavy (non-hydrogen) atoms. The fourth-order valence-corrected chi connectivity index (χ4v) is 3.25. The minimum Gasteiger partial charge on any atom is -0.353 e. The van der Waals surface area contributed by atoms with E-state index in [1.807, 2.05) is 6.92 Å². The number of carbonyl (C=O) groups excluding carboxylic acids is 2. The van der Waals surface area contributed by atoms with Crippen LogP contribution in [0.15, 0.2) is 18.2 Å². The van der Waals surface area contributed by atoms with Gasteiger partial charge in [0.05, 0.1) is 11.5 Å². The van der Waals surface area contributed by atoms with Crippen LogP contribution in [0.1, 0.15) is 49.9 Å². The highest BCUT2D eigenvalue weighted by atomic mass is 35.5. The molecule has 1 aliphatic heterocycles. The van der Waals surface area contributed by atoms with E-state index in [0.29, 0.717) is 18.1 Å². The maximum Gasteiger partial charge on any atom is 0.256 e. The van der Waals surface area contributed by atoms with E-state index in [1.165, 1.54) is 18.2 Å². The van der Waals surface area contributed by atoms with Gasteiger partial charge in [-0.15, -0.1) is 0 Å². The second-order valence-corrected chi connectivity index (χ2v) is 6.85. The van der Waals surface area contributed by atoms with E-state index in [-0.39, 0.29) is 23.4 Å². The average Bonchev–Trinajstić information content (AvgIpc) is 2.56. The number of hydrogen-bond acceptors (Lipinski definition) is 2. The lowest BCUT2D eigenvalue weighted by Crippen LogP contribution is -2.47. The van der Waals surface area contributed by atoms with E-state index in [9.17, 15) is 14.0 Å². The average molecular weight is 355 g/mol. The second-order valence-electron chi connectivity index (χ2n) is 6.41. The first-order valence-corrected chi connectivity index (χ1v) is 8.84. The Balaban J connectivity index is 2.03. The summed E-state index contributed by atoms with van der Waals surface area (Å²) in [6.07, 6.45) is 3.40. The lowest BCUT2D eigenvalue weighted by atomic mass is 9.96. The predicted molar refractivity (Wildman–Crippen MR) is 92.6 cm³/mol. The third-order valence-corrected chi connectivity index (χ3v) is 4.58. The fourth-order valence-electron chi connectivity index (χ4n) is 3.07. The van der Waals surface area contributed by atoms with Crippen LogP contribution in [-0.4, -0.2) is 35.8 Å². The molecule has 0 saturated carbocycles. The Labute approximate surface area is 147 Å². The number of rotatable bonds is 5. The van der Waals surface area contributed by atoms with Crippen molar-refractivity contribution in [3.8, 4) is 0 Å². The number of nitrogens with zero attached hydrogens (tertiary/aromatic N) is 1. The molecule has 1 fully saturated rings. The molecule has 1 saturated heterocycles. The number of halogens is 2. The predicted octanol–water partition coefficient (Wildman–Crippen LogP) is 3.64. The standard InChI is InChI=1S/C18H24ClFN2O2/c1-3-5-12(2)21-17(23)13-6-4-9-22(11-13)18(24)15-10-14(19)7-8-16(15)20/h7-8,10,12-13H,3-6,9,11H2,1-2H3,(H,21,23)/t12-,13+/m0/s1. The molecule has 132 valence electrons. The maximum absolute atomic E-state index is 13.9. The Morgan fingerprint density at radius 1 is 1.46 bits per heavy atom. The van der Waals surface area contributed by atoms with Crippen LogP contribution in [-0.2, 0) is 4.79 Å². The highest BCUT2D eigenvalue weighted by Crippen LogP contribution is 2.22. The molecule has 1 aromatic carbocycles. The molecule has 1 heterocycles. The molecule has 1 aliphatic rings. The summed E-state index contributed by atoms with van der Waals surface area (Å²) in [5.74, 6) is -1.27. The van der Waals surface area contributed by atoms with Gasteiger partial charge in [0.1, 0.15) is 5.82 Å². The summed E-state index contributed by atoms with van der Waals surface area (Å²) in [5, 5.41) is 3.32. The summed E-state index contributed by atoms with van der Waals surface area (Å²) in [6.45, 7) is 4.90. The molecule has 0 aromatic heterocycles. The minimum atomic E-state index is -0.590. The van der Waals surface area contributed by atoms with Crippen LogP contribution in [0.2, 0.25) is 5.02 Å². The van der Waals surface area contributed by atoms with Crippen molar-refractivity contribution in [3.05, 3.63) is 34.6 Å². The zero-order chi connectivity index (χ0) is 17.7. The van der Waals surface area contributed by atoms with Gasteiger partial charge >= 0.3 is 0 Å². The fraction of sp³-hybridized carbons (Fsp3) is 0.556. The molecule has 0 spiro atoms. The summed E-state index contributed by atoms with van der Waals surface area (Å²) < 4.78 is 13.9. The molecule has 0 bridgehead atoms. The van der Waals surface area contributed by atoms with Gasteiger partial charge in [-0.25, -0.2) is 4.39 Å². The quantitative estimate of drug-likeness (QED) is 0.877. The van der Waals surface area contributed by atoms with Crippen LogP contribution in [0.4, 0.5) is 4.39 Å². The van der Waals surface area contributed by atoms with Gasteiger partial charge in [-0.2, -0.15) is 0 Å². The van der Waals surface area contributed by atoms with Crippen molar-refractivity contribution in [1.82, 2.24) is 10.2 Å². The van der Waals surface area contributed by atoms with E-state index in [2.05, 4.69) is 12.2 Å². The lowest BCUT2D eigenvalue weighted by molar-refractivity contribution is -0.127. The first-order valence-electron chi connectivity index (χ1n) is 8.47. The van der Waals surface area contributed by atoms with Crippen molar-refractivity contribution >= 4 is 23.4 Å². The third kappa shape index (κ3) is 4.69. The summed E-state index contributed by atoms with van der Waals surface area (Å²) in [6, 6.07) is 4.07. The number of amides is 2. The van der Waals surface area contributed by atoms with E-state index in [0.717, 1.165) is 25.7 Å². The Morgan fingerprint density at radius 3 is 2.92 bits per heavy atom. The van der Waals surface area contributed by atoms with Crippen LogP contribution < -0.4 is 5.32 Å². The van der Waals surface area contributed by atoms with E-state index in [1.54, 1.807) is 4.90 Å². The molecule has 0 aliphatic carbocycles. The largest absolute Gasteiger partial charge is 0.353 e. The topological polar surface area (TPSA) is 49.4 Å². The molecule has 2 rings (SSSR count). The van der Waals surface area contributed by atoms with Gasteiger partial charge in [0.2, 0.25) is 5.91 Å². The van der Waals surface area contributed by atoms with Crippen LogP contribution in [0, 0.1) is 11.7 Å². The van der Waals surface area contributed by atoms with Crippen LogP contribution in [0.5, 0.6) is 0 Å². The molecule has 2 amide bonds. The number of piperidine rings is 1. The summed E-state index contributed by atoms with van der Waals surface area (Å²) in [7, 11) is 0. The zero-order valence-electron chi connectivity index (χ0n) is 14.1. The SMILES string of the molecule is CCC[C@H](C)NC(=O)[C@@H]1CCCN(C(=O)c2cc(Cl)ccc2F)C1. The maximum atomic E-state index is 13.9. The van der Waals surface area contributed by atoms with Crippen LogP contribution in [0.25, 0.3) is 0 Å².